The van der Waals surface area contributed by atoms with Crippen LogP contribution in [0.2, 0.25) is 0 Å². The van der Waals surface area contributed by atoms with Crippen LogP contribution in [0.15, 0.2) is 22.7 Å². The first-order valence-corrected chi connectivity index (χ1v) is 8.00. The molecule has 3 nitrogen and oxygen atoms in total. The fraction of sp³-hybridized carbons (Fsp3) is 0.533. The van der Waals surface area contributed by atoms with E-state index in [2.05, 4.69) is 54.1 Å². The summed E-state index contributed by atoms with van der Waals surface area (Å²) >= 11 is 8.58. The van der Waals surface area contributed by atoms with Crippen LogP contribution in [0.25, 0.3) is 0 Å². The van der Waals surface area contributed by atoms with Gasteiger partial charge < -0.3 is 16.0 Å². The fourth-order valence-corrected chi connectivity index (χ4v) is 2.81. The first kappa shape index (κ1) is 17.4. The van der Waals surface area contributed by atoms with Crippen molar-refractivity contribution in [1.29, 1.82) is 0 Å². The highest BCUT2D eigenvalue weighted by atomic mass is 79.9. The second kappa shape index (κ2) is 7.96. The number of benzene rings is 1. The highest BCUT2D eigenvalue weighted by Crippen LogP contribution is 2.25. The molecule has 0 heterocycles. The summed E-state index contributed by atoms with van der Waals surface area (Å²) in [6, 6.07) is 6.36. The summed E-state index contributed by atoms with van der Waals surface area (Å²) in [4.78, 5) is 2.63. The van der Waals surface area contributed by atoms with Crippen molar-refractivity contribution in [2.24, 2.45) is 11.7 Å². The highest BCUT2D eigenvalue weighted by molar-refractivity contribution is 9.10. The molecule has 0 aromatic heterocycles. The summed E-state index contributed by atoms with van der Waals surface area (Å²) in [6.45, 7) is 5.49. The monoisotopic (exact) mass is 357 g/mol. The second-order valence-corrected chi connectivity index (χ2v) is 7.09. The zero-order valence-corrected chi connectivity index (χ0v) is 15.0. The van der Waals surface area contributed by atoms with E-state index in [-0.39, 0.29) is 0 Å². The number of hydrogen-bond donors (Lipinski definition) is 2. The van der Waals surface area contributed by atoms with Crippen molar-refractivity contribution in [2.45, 2.75) is 26.3 Å². The molecule has 0 saturated heterocycles. The average Bonchev–Trinajstić information content (AvgIpc) is 2.29. The van der Waals surface area contributed by atoms with E-state index in [1.54, 1.807) is 0 Å². The molecule has 0 bridgehead atoms. The van der Waals surface area contributed by atoms with Crippen molar-refractivity contribution >= 4 is 38.8 Å². The smallest absolute Gasteiger partial charge is 0.104 e. The Morgan fingerprint density at radius 1 is 1.40 bits per heavy atom. The maximum absolute atomic E-state index is 5.65. The van der Waals surface area contributed by atoms with Gasteiger partial charge in [-0.15, -0.1) is 0 Å². The SMILES string of the molecule is CC(C)CC(CN(C)C)Nc1ccc(C(N)=S)cc1Br. The number of likely N-dealkylation sites (N-methyl/N-ethyl adjacent to an activating group) is 1. The first-order valence-electron chi connectivity index (χ1n) is 6.80. The lowest BCUT2D eigenvalue weighted by atomic mass is 10.0. The van der Waals surface area contributed by atoms with Gasteiger partial charge in [-0.25, -0.2) is 0 Å². The zero-order valence-electron chi connectivity index (χ0n) is 12.6. The van der Waals surface area contributed by atoms with Crippen LogP contribution >= 0.6 is 28.1 Å². The Hall–Kier alpha value is -0.650. The van der Waals surface area contributed by atoms with Gasteiger partial charge in [0.15, 0.2) is 0 Å². The summed E-state index contributed by atoms with van der Waals surface area (Å²) in [5, 5.41) is 3.60. The number of rotatable bonds is 7. The summed E-state index contributed by atoms with van der Waals surface area (Å²) in [5.74, 6) is 0.655. The van der Waals surface area contributed by atoms with Crippen molar-refractivity contribution in [2.75, 3.05) is 26.0 Å². The van der Waals surface area contributed by atoms with Crippen LogP contribution in [0.4, 0.5) is 5.69 Å². The van der Waals surface area contributed by atoms with Crippen molar-refractivity contribution in [3.05, 3.63) is 28.2 Å². The largest absolute Gasteiger partial charge is 0.389 e. The van der Waals surface area contributed by atoms with Crippen molar-refractivity contribution in [3.8, 4) is 0 Å². The van der Waals surface area contributed by atoms with Gasteiger partial charge in [-0.05, 0) is 60.6 Å². The first-order chi connectivity index (χ1) is 9.29. The Labute approximate surface area is 136 Å². The molecule has 3 N–H and O–H groups in total. The molecule has 0 aliphatic carbocycles. The Balaban J connectivity index is 2.84. The molecule has 5 heteroatoms. The van der Waals surface area contributed by atoms with Crippen molar-refractivity contribution < 1.29 is 0 Å². The van der Waals surface area contributed by atoms with Crippen LogP contribution in [-0.2, 0) is 0 Å². The molecule has 20 heavy (non-hydrogen) atoms. The molecule has 0 spiro atoms. The normalized spacial score (nSPS) is 12.8. The van der Waals surface area contributed by atoms with Crippen LogP contribution in [-0.4, -0.2) is 36.6 Å². The molecular weight excluding hydrogens is 334 g/mol. The molecule has 1 aromatic carbocycles. The molecule has 0 saturated carbocycles. The van der Waals surface area contributed by atoms with E-state index in [1.807, 2.05) is 18.2 Å². The average molecular weight is 358 g/mol. The molecule has 1 aromatic rings. The van der Waals surface area contributed by atoms with Gasteiger partial charge >= 0.3 is 0 Å². The van der Waals surface area contributed by atoms with Crippen molar-refractivity contribution in [3.63, 3.8) is 0 Å². The van der Waals surface area contributed by atoms with Gasteiger partial charge in [-0.1, -0.05) is 26.1 Å². The van der Waals surface area contributed by atoms with E-state index < -0.39 is 0 Å². The standard InChI is InChI=1S/C15H24BrN3S/c1-10(2)7-12(9-19(3)4)18-14-6-5-11(15(17)20)8-13(14)16/h5-6,8,10,12,18H,7,9H2,1-4H3,(H2,17,20). The predicted octanol–water partition coefficient (Wildman–Crippen LogP) is 3.47. The van der Waals surface area contributed by atoms with E-state index in [4.69, 9.17) is 18.0 Å². The molecule has 1 unspecified atom stereocenters. The topological polar surface area (TPSA) is 41.3 Å². The van der Waals surface area contributed by atoms with E-state index in [0.29, 0.717) is 16.9 Å². The Kier molecular flexibility index (Phi) is 6.92. The van der Waals surface area contributed by atoms with Crippen LogP contribution in [0.5, 0.6) is 0 Å². The Morgan fingerprint density at radius 2 is 2.05 bits per heavy atom. The summed E-state index contributed by atoms with van der Waals surface area (Å²) in [6.07, 6.45) is 1.13. The number of nitrogens with zero attached hydrogens (tertiary/aromatic N) is 1. The van der Waals surface area contributed by atoms with Gasteiger partial charge in [-0.3, -0.25) is 0 Å². The minimum atomic E-state index is 0.414. The molecule has 1 rings (SSSR count). The molecule has 0 aliphatic heterocycles. The third-order valence-electron chi connectivity index (χ3n) is 2.95. The van der Waals surface area contributed by atoms with E-state index in [9.17, 15) is 0 Å². The Bertz CT molecular complexity index is 450. The molecule has 1 atom stereocenters. The minimum Gasteiger partial charge on any atom is -0.389 e. The van der Waals surface area contributed by atoms with E-state index >= 15 is 0 Å². The third kappa shape index (κ3) is 5.77. The van der Waals surface area contributed by atoms with Gasteiger partial charge in [0, 0.05) is 28.3 Å². The Morgan fingerprint density at radius 3 is 2.50 bits per heavy atom. The highest BCUT2D eigenvalue weighted by Gasteiger charge is 2.13. The minimum absolute atomic E-state index is 0.414. The summed E-state index contributed by atoms with van der Waals surface area (Å²) < 4.78 is 0.996. The quantitative estimate of drug-likeness (QED) is 0.733. The summed E-state index contributed by atoms with van der Waals surface area (Å²) in [7, 11) is 4.19. The number of nitrogens with one attached hydrogen (secondary N) is 1. The lowest BCUT2D eigenvalue weighted by Gasteiger charge is -2.25. The van der Waals surface area contributed by atoms with Crippen LogP contribution < -0.4 is 11.1 Å². The molecule has 0 aliphatic rings. The lowest BCUT2D eigenvalue weighted by molar-refractivity contribution is 0.356. The third-order valence-corrected chi connectivity index (χ3v) is 3.85. The summed E-state index contributed by atoms with van der Waals surface area (Å²) in [5.41, 5.74) is 7.61. The molecule has 0 amide bonds. The number of hydrogen-bond acceptors (Lipinski definition) is 3. The van der Waals surface area contributed by atoms with Crippen LogP contribution in [0.1, 0.15) is 25.8 Å². The van der Waals surface area contributed by atoms with Gasteiger partial charge in [0.25, 0.3) is 0 Å². The van der Waals surface area contributed by atoms with E-state index in [0.717, 1.165) is 28.7 Å². The van der Waals surface area contributed by atoms with E-state index in [1.165, 1.54) is 0 Å². The molecular formula is C15H24BrN3S. The lowest BCUT2D eigenvalue weighted by Crippen LogP contribution is -2.33. The maximum atomic E-state index is 5.65. The maximum Gasteiger partial charge on any atom is 0.104 e. The van der Waals surface area contributed by atoms with Crippen LogP contribution in [0.3, 0.4) is 0 Å². The predicted molar refractivity (Wildman–Crippen MR) is 95.4 cm³/mol. The van der Waals surface area contributed by atoms with Gasteiger partial charge in [0.05, 0.1) is 0 Å². The number of thiocarbonyl (C=S) groups is 1. The molecule has 0 radical (unpaired) electrons. The number of halogens is 1. The second-order valence-electron chi connectivity index (χ2n) is 5.79. The van der Waals surface area contributed by atoms with Gasteiger partial charge in [0.2, 0.25) is 0 Å². The fourth-order valence-electron chi connectivity index (χ4n) is 2.19. The number of anilines is 1. The molecule has 112 valence electrons. The van der Waals surface area contributed by atoms with Crippen molar-refractivity contribution in [1.82, 2.24) is 4.90 Å². The number of nitrogens with two attached hydrogens (primary N) is 1. The van der Waals surface area contributed by atoms with Crippen LogP contribution in [0, 0.1) is 5.92 Å². The zero-order chi connectivity index (χ0) is 15.3. The van der Waals surface area contributed by atoms with Gasteiger partial charge in [-0.2, -0.15) is 0 Å². The van der Waals surface area contributed by atoms with Gasteiger partial charge in [0.1, 0.15) is 4.99 Å². The molecule has 0 fully saturated rings.